The van der Waals surface area contributed by atoms with Crippen molar-refractivity contribution < 1.29 is 34.6 Å². The second-order valence-electron chi connectivity index (χ2n) is 11.2. The van der Waals surface area contributed by atoms with Gasteiger partial charge in [-0.3, -0.25) is 0 Å². The summed E-state index contributed by atoms with van der Waals surface area (Å²) in [7, 11) is 3.26. The first kappa shape index (κ1) is 31.1. The fourth-order valence-corrected chi connectivity index (χ4v) is 6.22. The molecule has 4 aromatic carbocycles. The van der Waals surface area contributed by atoms with Crippen molar-refractivity contribution in [1.82, 2.24) is 19.3 Å². The van der Waals surface area contributed by atoms with Crippen molar-refractivity contribution in [3.05, 3.63) is 119 Å². The number of hydrogen-bond donors (Lipinski definition) is 0. The van der Waals surface area contributed by atoms with E-state index in [1.165, 1.54) is 5.56 Å². The summed E-state index contributed by atoms with van der Waals surface area (Å²) < 4.78 is 21.9. The number of aromatic nitrogens is 4. The van der Waals surface area contributed by atoms with Crippen molar-refractivity contribution in [2.75, 3.05) is 14.2 Å². The van der Waals surface area contributed by atoms with Gasteiger partial charge in [-0.15, -0.1) is 40.8 Å². The molecule has 0 spiro atoms. The van der Waals surface area contributed by atoms with E-state index in [2.05, 4.69) is 85.8 Å². The van der Waals surface area contributed by atoms with Crippen LogP contribution in [-0.2, 0) is 20.4 Å². The Kier molecular flexibility index (Phi) is 8.44. The predicted molar refractivity (Wildman–Crippen MR) is 177 cm³/mol. The van der Waals surface area contributed by atoms with Gasteiger partial charge >= 0.3 is 20.4 Å². The predicted octanol–water partition coefficient (Wildman–Crippen LogP) is 8.67. The maximum Gasteiger partial charge on any atom is 2.00 e. The number of rotatable bonds is 7. The fraction of sp³-hybridized carbons (Fsp3) is 0.158. The Morgan fingerprint density at radius 2 is 1.46 bits per heavy atom. The molecule has 0 bridgehead atoms. The van der Waals surface area contributed by atoms with Gasteiger partial charge in [0.15, 0.2) is 0 Å². The normalized spacial score (nSPS) is 11.1. The second-order valence-corrected chi connectivity index (χ2v) is 11.2. The third-order valence-corrected chi connectivity index (χ3v) is 8.01. The summed E-state index contributed by atoms with van der Waals surface area (Å²) in [5.74, 6) is 2.93. The monoisotopic (exact) mass is 698 g/mol. The molecule has 0 aliphatic rings. The number of methoxy groups -OCH3 is 2. The smallest absolute Gasteiger partial charge is 0.509 e. The molecular weight excluding hydrogens is 667 g/mol. The Morgan fingerprint density at radius 3 is 2.20 bits per heavy atom. The standard InChI is InChI=1S/C38H32N4O3.Pd/c1-23-16-17-39-34(20-23)41-32-13-8-7-12-30(32)31-15-14-29(22-33(31)41)45-28-11-9-10-27(21-28)42-38(44-6)36(37(40-42)43-5)35-25(3)18-24(2)19-26(35)4;/h7-20H,1-6H3;/q-2;+2. The summed E-state index contributed by atoms with van der Waals surface area (Å²) in [4.78, 5) is 4.67. The SMILES string of the molecule is COc1nn(-c2[c-]c(Oc3[c-]c4c(cc3)c3ccccc3n4-c3cc(C)ccn3)ccc2)c(OC)c1-c1c(C)cc(C)cc1C.[Pd+2]. The molecule has 0 aliphatic carbocycles. The molecule has 7 nitrogen and oxygen atoms in total. The molecule has 0 aliphatic heterocycles. The summed E-state index contributed by atoms with van der Waals surface area (Å²) in [5, 5.41) is 6.98. The zero-order valence-electron chi connectivity index (χ0n) is 26.4. The molecule has 232 valence electrons. The van der Waals surface area contributed by atoms with Gasteiger partial charge in [0, 0.05) is 23.2 Å². The summed E-state index contributed by atoms with van der Waals surface area (Å²) in [6, 6.07) is 33.2. The van der Waals surface area contributed by atoms with E-state index in [0.29, 0.717) is 28.9 Å². The van der Waals surface area contributed by atoms with Crippen molar-refractivity contribution in [2.45, 2.75) is 27.7 Å². The van der Waals surface area contributed by atoms with E-state index in [-0.39, 0.29) is 20.4 Å². The van der Waals surface area contributed by atoms with E-state index >= 15 is 0 Å². The molecule has 0 saturated carbocycles. The molecule has 3 aromatic heterocycles. The van der Waals surface area contributed by atoms with E-state index in [1.54, 1.807) is 18.9 Å². The van der Waals surface area contributed by atoms with E-state index in [0.717, 1.165) is 55.4 Å². The number of aryl methyl sites for hydroxylation is 4. The first-order valence-electron chi connectivity index (χ1n) is 14.7. The van der Waals surface area contributed by atoms with Crippen LogP contribution in [0.3, 0.4) is 0 Å². The van der Waals surface area contributed by atoms with E-state index in [4.69, 9.17) is 19.3 Å². The minimum absolute atomic E-state index is 0. The van der Waals surface area contributed by atoms with E-state index < -0.39 is 0 Å². The van der Waals surface area contributed by atoms with Gasteiger partial charge < -0.3 is 18.8 Å². The molecule has 0 N–H and O–H groups in total. The summed E-state index contributed by atoms with van der Waals surface area (Å²) in [6.45, 7) is 8.34. The van der Waals surface area contributed by atoms with Gasteiger partial charge in [-0.25, -0.2) is 9.67 Å². The summed E-state index contributed by atoms with van der Waals surface area (Å²) in [5.41, 5.74) is 8.99. The topological polar surface area (TPSA) is 63.3 Å². The van der Waals surface area contributed by atoms with Gasteiger partial charge in [0.05, 0.1) is 14.2 Å². The quantitative estimate of drug-likeness (QED) is 0.123. The minimum Gasteiger partial charge on any atom is -0.509 e. The average molecular weight is 699 g/mol. The van der Waals surface area contributed by atoms with Gasteiger partial charge in [0.1, 0.15) is 11.4 Å². The average Bonchev–Trinajstić information content (AvgIpc) is 3.56. The van der Waals surface area contributed by atoms with Gasteiger partial charge in [-0.2, -0.15) is 12.1 Å². The van der Waals surface area contributed by atoms with Crippen LogP contribution in [0.2, 0.25) is 0 Å². The van der Waals surface area contributed by atoms with Crippen molar-refractivity contribution in [3.8, 4) is 45.9 Å². The number of pyridine rings is 1. The molecule has 8 heteroatoms. The Morgan fingerprint density at radius 1 is 0.696 bits per heavy atom. The Bertz CT molecular complexity index is 2210. The fourth-order valence-electron chi connectivity index (χ4n) is 6.22. The molecule has 0 amide bonds. The van der Waals surface area contributed by atoms with Crippen LogP contribution in [0.4, 0.5) is 0 Å². The number of fused-ring (bicyclic) bond motifs is 3. The van der Waals surface area contributed by atoms with Crippen molar-refractivity contribution >= 4 is 21.8 Å². The molecule has 0 fully saturated rings. The number of benzene rings is 4. The van der Waals surface area contributed by atoms with Gasteiger partial charge in [0.25, 0.3) is 0 Å². The zero-order valence-corrected chi connectivity index (χ0v) is 28.0. The third-order valence-electron chi connectivity index (χ3n) is 8.01. The van der Waals surface area contributed by atoms with Crippen molar-refractivity contribution in [3.63, 3.8) is 0 Å². The van der Waals surface area contributed by atoms with Gasteiger partial charge in [-0.1, -0.05) is 41.4 Å². The van der Waals surface area contributed by atoms with Crippen LogP contribution >= 0.6 is 0 Å². The molecule has 7 aromatic rings. The van der Waals surface area contributed by atoms with Crippen LogP contribution < -0.4 is 14.2 Å². The van der Waals surface area contributed by atoms with Crippen LogP contribution in [0.25, 0.3) is 44.4 Å². The summed E-state index contributed by atoms with van der Waals surface area (Å²) >= 11 is 0. The maximum absolute atomic E-state index is 6.37. The Labute approximate surface area is 282 Å². The molecule has 3 heterocycles. The minimum atomic E-state index is 0. The molecule has 0 saturated heterocycles. The number of ether oxygens (including phenoxy) is 3. The summed E-state index contributed by atoms with van der Waals surface area (Å²) in [6.07, 6.45) is 1.83. The second kappa shape index (κ2) is 12.5. The van der Waals surface area contributed by atoms with E-state index in [9.17, 15) is 0 Å². The van der Waals surface area contributed by atoms with E-state index in [1.807, 2.05) is 48.7 Å². The largest absolute Gasteiger partial charge is 2.00 e. The van der Waals surface area contributed by atoms with Crippen LogP contribution in [0.1, 0.15) is 22.3 Å². The van der Waals surface area contributed by atoms with Crippen molar-refractivity contribution in [1.29, 1.82) is 0 Å². The molecule has 0 unspecified atom stereocenters. The maximum atomic E-state index is 6.37. The molecule has 0 radical (unpaired) electrons. The first-order chi connectivity index (χ1) is 21.9. The van der Waals surface area contributed by atoms with Gasteiger partial charge in [0.2, 0.25) is 11.8 Å². The van der Waals surface area contributed by atoms with Gasteiger partial charge in [-0.05, 0) is 79.2 Å². The number of nitrogens with zero attached hydrogens (tertiary/aromatic N) is 4. The number of para-hydroxylation sites is 1. The molecule has 0 atom stereocenters. The van der Waals surface area contributed by atoms with Crippen LogP contribution in [0.15, 0.2) is 85.1 Å². The Balaban J connectivity index is 0.00000372. The van der Waals surface area contributed by atoms with Crippen LogP contribution in [-0.4, -0.2) is 33.6 Å². The Hall–Kier alpha value is -4.90. The molecule has 7 rings (SSSR count). The van der Waals surface area contributed by atoms with Crippen molar-refractivity contribution in [2.24, 2.45) is 0 Å². The third kappa shape index (κ3) is 5.34. The molecule has 46 heavy (non-hydrogen) atoms. The van der Waals surface area contributed by atoms with Crippen LogP contribution in [0, 0.1) is 39.8 Å². The first-order valence-corrected chi connectivity index (χ1v) is 14.7. The zero-order chi connectivity index (χ0) is 31.2. The number of hydrogen-bond acceptors (Lipinski definition) is 5. The molecular formula is C38H32N4O3Pd. The van der Waals surface area contributed by atoms with Crippen LogP contribution in [0.5, 0.6) is 23.3 Å².